The molecule has 0 unspecified atom stereocenters. The van der Waals surface area contributed by atoms with Gasteiger partial charge < -0.3 is 4.98 Å². The van der Waals surface area contributed by atoms with Crippen LogP contribution in [0, 0.1) is 8.34 Å². The van der Waals surface area contributed by atoms with Gasteiger partial charge >= 0.3 is 0 Å². The second kappa shape index (κ2) is 6.20. The summed E-state index contributed by atoms with van der Waals surface area (Å²) >= 11 is 7.39. The van der Waals surface area contributed by atoms with E-state index in [0.29, 0.717) is 16.5 Å². The summed E-state index contributed by atoms with van der Waals surface area (Å²) in [5.74, 6) is -0.433. The zero-order chi connectivity index (χ0) is 17.6. The summed E-state index contributed by atoms with van der Waals surface area (Å²) in [6.07, 6.45) is 0. The highest BCUT2D eigenvalue weighted by Gasteiger charge is 2.15. The average molecular weight is 458 g/mol. The van der Waals surface area contributed by atoms with Crippen LogP contribution in [0.15, 0.2) is 65.5 Å². The number of fused-ring (bicyclic) bond motifs is 2. The molecule has 0 spiro atoms. The van der Waals surface area contributed by atoms with E-state index in [9.17, 15) is 9.59 Å². The summed E-state index contributed by atoms with van der Waals surface area (Å²) in [7, 11) is 0. The number of rotatable bonds is 1. The molecule has 1 aromatic heterocycles. The highest BCUT2D eigenvalue weighted by Crippen LogP contribution is 2.17. The lowest BCUT2D eigenvalue weighted by Crippen LogP contribution is -2.29. The number of H-pyrrole nitrogens is 1. The SMILES string of the molecule is O=C(c1ccc2ccccc2c1)n1c(=S)[nH]c2ccc(I)cc2c1=O. The minimum absolute atomic E-state index is 0.0943. The Labute approximate surface area is 161 Å². The number of nitrogens with one attached hydrogen (secondary N) is 1. The molecule has 0 saturated carbocycles. The molecule has 0 radical (unpaired) electrons. The molecule has 0 aliphatic heterocycles. The Bertz CT molecular complexity index is 1270. The minimum atomic E-state index is -0.433. The second-order valence-corrected chi connectivity index (χ2v) is 7.26. The average Bonchev–Trinajstić information content (AvgIpc) is 2.62. The van der Waals surface area contributed by atoms with Crippen LogP contribution in [0.5, 0.6) is 0 Å². The van der Waals surface area contributed by atoms with Crippen LogP contribution in [-0.4, -0.2) is 15.5 Å². The lowest BCUT2D eigenvalue weighted by molar-refractivity contribution is 0.0954. The Morgan fingerprint density at radius 2 is 1.76 bits per heavy atom. The molecule has 0 bridgehead atoms. The van der Waals surface area contributed by atoms with Crippen LogP contribution in [0.2, 0.25) is 0 Å². The number of carbonyl (C=O) groups excluding carboxylic acids is 1. The maximum atomic E-state index is 12.9. The van der Waals surface area contributed by atoms with Crippen LogP contribution < -0.4 is 5.56 Å². The number of nitrogens with zero attached hydrogens (tertiary/aromatic N) is 1. The van der Waals surface area contributed by atoms with Gasteiger partial charge in [-0.3, -0.25) is 9.59 Å². The highest BCUT2D eigenvalue weighted by molar-refractivity contribution is 14.1. The molecule has 3 aromatic carbocycles. The van der Waals surface area contributed by atoms with Gasteiger partial charge in [0.1, 0.15) is 0 Å². The summed E-state index contributed by atoms with van der Waals surface area (Å²) in [6.45, 7) is 0. The number of benzene rings is 3. The van der Waals surface area contributed by atoms with Crippen LogP contribution in [0.4, 0.5) is 0 Å². The van der Waals surface area contributed by atoms with Gasteiger partial charge in [-0.15, -0.1) is 0 Å². The molecule has 122 valence electrons. The molecule has 4 aromatic rings. The fourth-order valence-corrected chi connectivity index (χ4v) is 3.59. The van der Waals surface area contributed by atoms with E-state index in [-0.39, 0.29) is 4.77 Å². The van der Waals surface area contributed by atoms with Gasteiger partial charge in [-0.05, 0) is 75.9 Å². The third kappa shape index (κ3) is 2.81. The van der Waals surface area contributed by atoms with Gasteiger partial charge in [-0.1, -0.05) is 30.3 Å². The van der Waals surface area contributed by atoms with Crippen molar-refractivity contribution in [3.63, 3.8) is 0 Å². The van der Waals surface area contributed by atoms with E-state index in [0.717, 1.165) is 18.9 Å². The van der Waals surface area contributed by atoms with Crippen molar-refractivity contribution in [3.05, 3.63) is 84.9 Å². The van der Waals surface area contributed by atoms with Gasteiger partial charge in [0.05, 0.1) is 10.9 Å². The monoisotopic (exact) mass is 458 g/mol. The quantitative estimate of drug-likeness (QED) is 0.338. The molecule has 0 saturated heterocycles. The zero-order valence-corrected chi connectivity index (χ0v) is 15.8. The Hall–Kier alpha value is -2.32. The summed E-state index contributed by atoms with van der Waals surface area (Å²) in [6, 6.07) is 18.5. The summed E-state index contributed by atoms with van der Waals surface area (Å²) in [5.41, 5.74) is 0.638. The van der Waals surface area contributed by atoms with Crippen LogP contribution in [0.25, 0.3) is 21.7 Å². The number of hydrogen-bond acceptors (Lipinski definition) is 3. The first-order chi connectivity index (χ1) is 12.0. The van der Waals surface area contributed by atoms with Gasteiger partial charge in [0, 0.05) is 9.13 Å². The summed E-state index contributed by atoms with van der Waals surface area (Å²) in [5, 5.41) is 2.41. The predicted molar refractivity (Wildman–Crippen MR) is 110 cm³/mol. The Morgan fingerprint density at radius 1 is 1.00 bits per heavy atom. The van der Waals surface area contributed by atoms with Crippen LogP contribution in [0.1, 0.15) is 10.4 Å². The number of halogens is 1. The first-order valence-electron chi connectivity index (χ1n) is 7.53. The summed E-state index contributed by atoms with van der Waals surface area (Å²) < 4.78 is 2.03. The van der Waals surface area contributed by atoms with E-state index in [2.05, 4.69) is 27.6 Å². The maximum absolute atomic E-state index is 12.9. The standard InChI is InChI=1S/C19H11IN2O2S/c20-14-7-8-16-15(10-14)18(24)22(19(25)21-16)17(23)13-6-5-11-3-1-2-4-12(11)9-13/h1-10H,(H,21,25). The topological polar surface area (TPSA) is 54.9 Å². The largest absolute Gasteiger partial charge is 0.331 e. The van der Waals surface area contributed by atoms with Gasteiger partial charge in [-0.25, -0.2) is 4.57 Å². The molecule has 4 nitrogen and oxygen atoms in total. The van der Waals surface area contributed by atoms with Gasteiger partial charge in [0.15, 0.2) is 4.77 Å². The third-order valence-corrected chi connectivity index (χ3v) is 5.01. The van der Waals surface area contributed by atoms with Crippen molar-refractivity contribution in [2.45, 2.75) is 0 Å². The van der Waals surface area contributed by atoms with E-state index in [1.54, 1.807) is 24.3 Å². The molecular formula is C19H11IN2O2S. The van der Waals surface area contributed by atoms with Crippen molar-refractivity contribution in [2.24, 2.45) is 0 Å². The van der Waals surface area contributed by atoms with Crippen molar-refractivity contribution in [2.75, 3.05) is 0 Å². The molecule has 1 N–H and O–H groups in total. The highest BCUT2D eigenvalue weighted by atomic mass is 127. The van der Waals surface area contributed by atoms with E-state index in [1.807, 2.05) is 36.4 Å². The van der Waals surface area contributed by atoms with E-state index < -0.39 is 11.5 Å². The van der Waals surface area contributed by atoms with E-state index in [1.165, 1.54) is 0 Å². The molecule has 4 rings (SSSR count). The summed E-state index contributed by atoms with van der Waals surface area (Å²) in [4.78, 5) is 28.7. The Kier molecular flexibility index (Phi) is 4.01. The number of hydrogen-bond donors (Lipinski definition) is 1. The molecule has 25 heavy (non-hydrogen) atoms. The predicted octanol–water partition coefficient (Wildman–Crippen LogP) is 4.51. The second-order valence-electron chi connectivity index (χ2n) is 5.63. The number of carbonyl (C=O) groups is 1. The molecule has 0 aliphatic carbocycles. The van der Waals surface area contributed by atoms with Crippen molar-refractivity contribution in [3.8, 4) is 0 Å². The molecule has 0 amide bonds. The first-order valence-corrected chi connectivity index (χ1v) is 9.01. The normalized spacial score (nSPS) is 11.1. The number of aromatic nitrogens is 2. The van der Waals surface area contributed by atoms with Crippen LogP contribution in [-0.2, 0) is 0 Å². The first kappa shape index (κ1) is 16.2. The molecule has 0 fully saturated rings. The molecular weight excluding hydrogens is 447 g/mol. The van der Waals surface area contributed by atoms with Crippen molar-refractivity contribution in [1.82, 2.24) is 9.55 Å². The van der Waals surface area contributed by atoms with Gasteiger partial charge in [-0.2, -0.15) is 0 Å². The van der Waals surface area contributed by atoms with E-state index in [4.69, 9.17) is 12.2 Å². The molecule has 0 atom stereocenters. The molecule has 6 heteroatoms. The fraction of sp³-hybridized carbons (Fsp3) is 0. The molecule has 1 heterocycles. The van der Waals surface area contributed by atoms with Gasteiger partial charge in [0.25, 0.3) is 11.5 Å². The lowest BCUT2D eigenvalue weighted by Gasteiger charge is -2.08. The third-order valence-electron chi connectivity index (χ3n) is 4.06. The maximum Gasteiger partial charge on any atom is 0.269 e. The van der Waals surface area contributed by atoms with E-state index >= 15 is 0 Å². The molecule has 0 aliphatic rings. The Balaban J connectivity index is 1.95. The minimum Gasteiger partial charge on any atom is -0.331 e. The van der Waals surface area contributed by atoms with Crippen molar-refractivity contribution < 1.29 is 4.79 Å². The Morgan fingerprint density at radius 3 is 2.56 bits per heavy atom. The fourth-order valence-electron chi connectivity index (χ4n) is 2.82. The van der Waals surface area contributed by atoms with Crippen molar-refractivity contribution >= 4 is 62.4 Å². The van der Waals surface area contributed by atoms with Crippen LogP contribution >= 0.6 is 34.8 Å². The number of aromatic amines is 1. The van der Waals surface area contributed by atoms with Crippen LogP contribution in [0.3, 0.4) is 0 Å². The van der Waals surface area contributed by atoms with Gasteiger partial charge in [0.2, 0.25) is 0 Å². The van der Waals surface area contributed by atoms with Crippen molar-refractivity contribution in [1.29, 1.82) is 0 Å². The zero-order valence-electron chi connectivity index (χ0n) is 12.8. The lowest BCUT2D eigenvalue weighted by atomic mass is 10.1. The smallest absolute Gasteiger partial charge is 0.269 e.